The van der Waals surface area contributed by atoms with E-state index in [0.29, 0.717) is 16.3 Å². The average Bonchev–Trinajstić information content (AvgIpc) is 2.45. The third-order valence-electron chi connectivity index (χ3n) is 2.92. The number of pyridine rings is 1. The third-order valence-corrected chi connectivity index (χ3v) is 3.15. The summed E-state index contributed by atoms with van der Waals surface area (Å²) in [5.74, 6) is -1.72. The zero-order chi connectivity index (χ0) is 14.5. The molecule has 0 aliphatic heterocycles. The maximum atomic E-state index is 13.4. The SMILES string of the molecule is CCCNC(c1ccc(F)c(F)c1)c1ccc(Cl)cn1. The summed E-state index contributed by atoms with van der Waals surface area (Å²) in [6.45, 7) is 2.78. The number of nitrogens with one attached hydrogen (secondary N) is 1. The summed E-state index contributed by atoms with van der Waals surface area (Å²) in [5, 5.41) is 3.81. The Labute approximate surface area is 121 Å². The van der Waals surface area contributed by atoms with Crippen molar-refractivity contribution in [2.24, 2.45) is 0 Å². The van der Waals surface area contributed by atoms with E-state index in [1.54, 1.807) is 18.2 Å². The van der Waals surface area contributed by atoms with Gasteiger partial charge in [-0.2, -0.15) is 0 Å². The highest BCUT2D eigenvalue weighted by Gasteiger charge is 2.16. The van der Waals surface area contributed by atoms with Crippen LogP contribution in [-0.2, 0) is 0 Å². The highest BCUT2D eigenvalue weighted by molar-refractivity contribution is 6.30. The van der Waals surface area contributed by atoms with E-state index in [-0.39, 0.29) is 6.04 Å². The fourth-order valence-corrected chi connectivity index (χ4v) is 2.04. The molecule has 0 amide bonds. The standard InChI is InChI=1S/C15H15ClF2N2/c1-2-7-19-15(14-6-4-11(16)9-20-14)10-3-5-12(17)13(18)8-10/h3-6,8-9,15,19H,2,7H2,1H3. The first-order valence-corrected chi connectivity index (χ1v) is 6.79. The predicted octanol–water partition coefficient (Wildman–Crippen LogP) is 4.10. The van der Waals surface area contributed by atoms with Crippen LogP contribution in [0.3, 0.4) is 0 Å². The molecule has 1 atom stereocenters. The second-order valence-electron chi connectivity index (χ2n) is 4.46. The zero-order valence-corrected chi connectivity index (χ0v) is 11.8. The maximum Gasteiger partial charge on any atom is 0.159 e. The molecule has 1 aromatic carbocycles. The first-order chi connectivity index (χ1) is 9.61. The zero-order valence-electron chi connectivity index (χ0n) is 11.0. The second-order valence-corrected chi connectivity index (χ2v) is 4.90. The maximum absolute atomic E-state index is 13.4. The molecule has 2 nitrogen and oxygen atoms in total. The summed E-state index contributed by atoms with van der Waals surface area (Å²) in [4.78, 5) is 4.25. The monoisotopic (exact) mass is 296 g/mol. The van der Waals surface area contributed by atoms with Gasteiger partial charge in [-0.25, -0.2) is 8.78 Å². The lowest BCUT2D eigenvalue weighted by Gasteiger charge is -2.18. The summed E-state index contributed by atoms with van der Waals surface area (Å²) >= 11 is 5.82. The van der Waals surface area contributed by atoms with Crippen molar-refractivity contribution in [2.45, 2.75) is 19.4 Å². The molecular formula is C15H15ClF2N2. The number of hydrogen-bond acceptors (Lipinski definition) is 2. The van der Waals surface area contributed by atoms with Gasteiger partial charge in [0.1, 0.15) is 0 Å². The predicted molar refractivity (Wildman–Crippen MR) is 75.7 cm³/mol. The van der Waals surface area contributed by atoms with Gasteiger partial charge < -0.3 is 5.32 Å². The summed E-state index contributed by atoms with van der Waals surface area (Å²) in [5.41, 5.74) is 1.35. The smallest absolute Gasteiger partial charge is 0.159 e. The lowest BCUT2D eigenvalue weighted by molar-refractivity contribution is 0.502. The van der Waals surface area contributed by atoms with Crippen LogP contribution in [0.4, 0.5) is 8.78 Å². The van der Waals surface area contributed by atoms with Crippen molar-refractivity contribution in [2.75, 3.05) is 6.54 Å². The fourth-order valence-electron chi connectivity index (χ4n) is 1.93. The Morgan fingerprint density at radius 1 is 1.20 bits per heavy atom. The van der Waals surface area contributed by atoms with Crippen LogP contribution in [0, 0.1) is 11.6 Å². The van der Waals surface area contributed by atoms with E-state index in [1.807, 2.05) is 6.92 Å². The Hall–Kier alpha value is -1.52. The van der Waals surface area contributed by atoms with Gasteiger partial charge >= 0.3 is 0 Å². The molecule has 0 fully saturated rings. The molecule has 0 aliphatic rings. The van der Waals surface area contributed by atoms with E-state index >= 15 is 0 Å². The quantitative estimate of drug-likeness (QED) is 0.898. The Kier molecular flexibility index (Phi) is 5.04. The van der Waals surface area contributed by atoms with Gasteiger partial charge in [-0.3, -0.25) is 4.98 Å². The van der Waals surface area contributed by atoms with Crippen molar-refractivity contribution < 1.29 is 8.78 Å². The van der Waals surface area contributed by atoms with Gasteiger partial charge in [-0.15, -0.1) is 0 Å². The van der Waals surface area contributed by atoms with E-state index in [2.05, 4.69) is 10.3 Å². The lowest BCUT2D eigenvalue weighted by Crippen LogP contribution is -2.24. The largest absolute Gasteiger partial charge is 0.305 e. The van der Waals surface area contributed by atoms with E-state index in [4.69, 9.17) is 11.6 Å². The molecule has 0 saturated carbocycles. The van der Waals surface area contributed by atoms with E-state index in [9.17, 15) is 8.78 Å². The Morgan fingerprint density at radius 2 is 2.00 bits per heavy atom. The molecule has 0 spiro atoms. The van der Waals surface area contributed by atoms with Gasteiger partial charge in [0, 0.05) is 6.20 Å². The molecule has 0 aliphatic carbocycles. The Balaban J connectivity index is 2.35. The van der Waals surface area contributed by atoms with Crippen LogP contribution >= 0.6 is 11.6 Å². The summed E-state index contributed by atoms with van der Waals surface area (Å²) in [7, 11) is 0. The topological polar surface area (TPSA) is 24.9 Å². The van der Waals surface area contributed by atoms with Gasteiger partial charge in [0.25, 0.3) is 0 Å². The second kappa shape index (κ2) is 6.77. The molecule has 2 aromatic rings. The summed E-state index contributed by atoms with van der Waals surface area (Å²) < 4.78 is 26.4. The minimum atomic E-state index is -0.861. The van der Waals surface area contributed by atoms with Crippen LogP contribution in [0.2, 0.25) is 5.02 Å². The third kappa shape index (κ3) is 3.52. The van der Waals surface area contributed by atoms with Gasteiger partial charge in [-0.1, -0.05) is 24.6 Å². The number of benzene rings is 1. The van der Waals surface area contributed by atoms with Gasteiger partial charge in [0.2, 0.25) is 0 Å². The van der Waals surface area contributed by atoms with Gasteiger partial charge in [0.05, 0.1) is 16.8 Å². The van der Waals surface area contributed by atoms with Crippen LogP contribution in [0.25, 0.3) is 0 Å². The number of halogens is 3. The molecule has 1 unspecified atom stereocenters. The molecule has 1 aromatic heterocycles. The first kappa shape index (κ1) is 14.9. The molecule has 0 radical (unpaired) electrons. The number of nitrogens with zero attached hydrogens (tertiary/aromatic N) is 1. The Bertz CT molecular complexity index is 573. The molecule has 2 rings (SSSR count). The van der Waals surface area contributed by atoms with E-state index in [0.717, 1.165) is 19.0 Å². The molecule has 1 N–H and O–H groups in total. The first-order valence-electron chi connectivity index (χ1n) is 6.41. The van der Waals surface area contributed by atoms with Crippen LogP contribution in [0.15, 0.2) is 36.5 Å². The lowest BCUT2D eigenvalue weighted by atomic mass is 10.0. The van der Waals surface area contributed by atoms with Crippen molar-refractivity contribution in [3.8, 4) is 0 Å². The highest BCUT2D eigenvalue weighted by atomic mass is 35.5. The molecule has 0 bridgehead atoms. The average molecular weight is 297 g/mol. The van der Waals surface area contributed by atoms with E-state index < -0.39 is 11.6 Å². The van der Waals surface area contributed by atoms with Gasteiger partial charge in [0.15, 0.2) is 11.6 Å². The number of aromatic nitrogens is 1. The van der Waals surface area contributed by atoms with Crippen molar-refractivity contribution in [3.63, 3.8) is 0 Å². The normalized spacial score (nSPS) is 12.4. The minimum Gasteiger partial charge on any atom is -0.305 e. The van der Waals surface area contributed by atoms with Crippen molar-refractivity contribution in [3.05, 3.63) is 64.4 Å². The molecule has 20 heavy (non-hydrogen) atoms. The minimum absolute atomic E-state index is 0.290. The summed E-state index contributed by atoms with van der Waals surface area (Å²) in [6, 6.07) is 7.09. The van der Waals surface area contributed by atoms with Crippen LogP contribution in [-0.4, -0.2) is 11.5 Å². The number of rotatable bonds is 5. The molecule has 0 saturated heterocycles. The molecule has 1 heterocycles. The van der Waals surface area contributed by atoms with E-state index in [1.165, 1.54) is 12.3 Å². The molecule has 5 heteroatoms. The fraction of sp³-hybridized carbons (Fsp3) is 0.267. The number of hydrogen-bond donors (Lipinski definition) is 1. The van der Waals surface area contributed by atoms with Crippen molar-refractivity contribution in [1.29, 1.82) is 0 Å². The van der Waals surface area contributed by atoms with Crippen LogP contribution < -0.4 is 5.32 Å². The van der Waals surface area contributed by atoms with Crippen LogP contribution in [0.5, 0.6) is 0 Å². The molecular weight excluding hydrogens is 282 g/mol. The van der Waals surface area contributed by atoms with Crippen molar-refractivity contribution >= 4 is 11.6 Å². The van der Waals surface area contributed by atoms with Crippen molar-refractivity contribution in [1.82, 2.24) is 10.3 Å². The highest BCUT2D eigenvalue weighted by Crippen LogP contribution is 2.23. The molecule has 106 valence electrons. The van der Waals surface area contributed by atoms with Gasteiger partial charge in [-0.05, 0) is 42.8 Å². The summed E-state index contributed by atoms with van der Waals surface area (Å²) in [6.07, 6.45) is 2.46. The van der Waals surface area contributed by atoms with Crippen LogP contribution in [0.1, 0.15) is 30.6 Å². The Morgan fingerprint density at radius 3 is 2.60 bits per heavy atom.